The van der Waals surface area contributed by atoms with Crippen LogP contribution in [0.2, 0.25) is 0 Å². The Morgan fingerprint density at radius 1 is 1.19 bits per heavy atom. The molecule has 88 valence electrons. The van der Waals surface area contributed by atoms with Crippen molar-refractivity contribution in [2.24, 2.45) is 5.92 Å². The minimum absolute atomic E-state index is 0.244. The molecule has 0 saturated heterocycles. The molecule has 0 aliphatic heterocycles. The van der Waals surface area contributed by atoms with E-state index in [2.05, 4.69) is 0 Å². The van der Waals surface area contributed by atoms with Crippen molar-refractivity contribution in [3.8, 4) is 0 Å². The summed E-state index contributed by atoms with van der Waals surface area (Å²) in [5, 5.41) is 19.3. The third kappa shape index (κ3) is 3.43. The van der Waals surface area contributed by atoms with Crippen molar-refractivity contribution >= 4 is 5.78 Å². The van der Waals surface area contributed by atoms with Gasteiger partial charge in [0.15, 0.2) is 5.78 Å². The predicted octanol–water partition coefficient (Wildman–Crippen LogP) is 1.64. The minimum atomic E-state index is -1.33. The fourth-order valence-corrected chi connectivity index (χ4v) is 1.56. The Hall–Kier alpha value is -1.19. The van der Waals surface area contributed by atoms with Crippen LogP contribution in [0.4, 0.5) is 0 Å². The quantitative estimate of drug-likeness (QED) is 0.744. The van der Waals surface area contributed by atoms with Gasteiger partial charge in [-0.05, 0) is 12.3 Å². The molecule has 0 bridgehead atoms. The molecule has 0 spiro atoms. The average molecular weight is 222 g/mol. The van der Waals surface area contributed by atoms with Gasteiger partial charge < -0.3 is 10.2 Å². The van der Waals surface area contributed by atoms with E-state index in [1.165, 1.54) is 0 Å². The van der Waals surface area contributed by atoms with Crippen LogP contribution >= 0.6 is 0 Å². The van der Waals surface area contributed by atoms with E-state index in [9.17, 15) is 15.0 Å². The average Bonchev–Trinajstić information content (AvgIpc) is 2.27. The zero-order chi connectivity index (χ0) is 12.1. The normalized spacial score (nSPS) is 14.8. The molecule has 3 nitrogen and oxygen atoms in total. The van der Waals surface area contributed by atoms with Crippen LogP contribution in [0.15, 0.2) is 30.3 Å². The van der Waals surface area contributed by atoms with Crippen LogP contribution in [0.25, 0.3) is 0 Å². The standard InChI is InChI=1S/C13H18O3/c1-9(2)8-11(14)13(16)12(15)10-6-4-3-5-7-10/h3-7,9,11,13-14,16H,8H2,1-2H3. The topological polar surface area (TPSA) is 57.5 Å². The van der Waals surface area contributed by atoms with Crippen LogP contribution in [0.5, 0.6) is 0 Å². The highest BCUT2D eigenvalue weighted by Gasteiger charge is 2.25. The molecule has 16 heavy (non-hydrogen) atoms. The van der Waals surface area contributed by atoms with E-state index in [4.69, 9.17) is 0 Å². The Morgan fingerprint density at radius 3 is 2.25 bits per heavy atom. The summed E-state index contributed by atoms with van der Waals surface area (Å²) in [6.45, 7) is 3.87. The summed E-state index contributed by atoms with van der Waals surface area (Å²) in [6.07, 6.45) is -1.91. The Bertz CT molecular complexity index is 332. The van der Waals surface area contributed by atoms with Crippen LogP contribution in [-0.4, -0.2) is 28.2 Å². The van der Waals surface area contributed by atoms with Gasteiger partial charge in [-0.1, -0.05) is 44.2 Å². The highest BCUT2D eigenvalue weighted by molar-refractivity contribution is 5.99. The second kappa shape index (κ2) is 5.77. The number of hydrogen-bond donors (Lipinski definition) is 2. The lowest BCUT2D eigenvalue weighted by atomic mass is 9.96. The van der Waals surface area contributed by atoms with Crippen LogP contribution in [0, 0.1) is 5.92 Å². The van der Waals surface area contributed by atoms with Crippen molar-refractivity contribution in [2.75, 3.05) is 0 Å². The van der Waals surface area contributed by atoms with Crippen LogP contribution in [0.1, 0.15) is 30.6 Å². The van der Waals surface area contributed by atoms with E-state index in [1.807, 2.05) is 13.8 Å². The van der Waals surface area contributed by atoms with Gasteiger partial charge in [0.25, 0.3) is 0 Å². The van der Waals surface area contributed by atoms with E-state index in [0.29, 0.717) is 12.0 Å². The maximum Gasteiger partial charge on any atom is 0.193 e. The summed E-state index contributed by atoms with van der Waals surface area (Å²) in [6, 6.07) is 8.53. The molecule has 0 saturated carbocycles. The van der Waals surface area contributed by atoms with Crippen molar-refractivity contribution in [3.63, 3.8) is 0 Å². The fraction of sp³-hybridized carbons (Fsp3) is 0.462. The molecule has 0 amide bonds. The van der Waals surface area contributed by atoms with Crippen LogP contribution in [-0.2, 0) is 0 Å². The second-order valence-corrected chi connectivity index (χ2v) is 4.37. The van der Waals surface area contributed by atoms with Crippen molar-refractivity contribution in [1.29, 1.82) is 0 Å². The summed E-state index contributed by atoms with van der Waals surface area (Å²) in [5.74, 6) is -0.179. The lowest BCUT2D eigenvalue weighted by Gasteiger charge is -2.18. The highest BCUT2D eigenvalue weighted by Crippen LogP contribution is 2.12. The summed E-state index contributed by atoms with van der Waals surface area (Å²) in [4.78, 5) is 11.8. The van der Waals surface area contributed by atoms with Gasteiger partial charge in [-0.3, -0.25) is 4.79 Å². The molecule has 3 heteroatoms. The van der Waals surface area contributed by atoms with Gasteiger partial charge in [-0.15, -0.1) is 0 Å². The number of benzene rings is 1. The van der Waals surface area contributed by atoms with E-state index >= 15 is 0 Å². The molecular weight excluding hydrogens is 204 g/mol. The minimum Gasteiger partial charge on any atom is -0.390 e. The molecule has 0 aliphatic carbocycles. The third-order valence-electron chi connectivity index (χ3n) is 2.40. The first-order valence-corrected chi connectivity index (χ1v) is 5.47. The largest absolute Gasteiger partial charge is 0.390 e. The zero-order valence-electron chi connectivity index (χ0n) is 9.63. The van der Waals surface area contributed by atoms with Crippen molar-refractivity contribution < 1.29 is 15.0 Å². The number of ketones is 1. The summed E-state index contributed by atoms with van der Waals surface area (Å²) < 4.78 is 0. The zero-order valence-corrected chi connectivity index (χ0v) is 9.63. The molecule has 1 aromatic carbocycles. The molecule has 0 heterocycles. The first-order valence-electron chi connectivity index (χ1n) is 5.47. The smallest absolute Gasteiger partial charge is 0.193 e. The summed E-state index contributed by atoms with van der Waals surface area (Å²) in [7, 11) is 0. The molecule has 1 aromatic rings. The van der Waals surface area contributed by atoms with Crippen LogP contribution < -0.4 is 0 Å². The number of aliphatic hydroxyl groups is 2. The van der Waals surface area contributed by atoms with Crippen LogP contribution in [0.3, 0.4) is 0 Å². The van der Waals surface area contributed by atoms with Gasteiger partial charge >= 0.3 is 0 Å². The highest BCUT2D eigenvalue weighted by atomic mass is 16.3. The van der Waals surface area contributed by atoms with Gasteiger partial charge in [-0.25, -0.2) is 0 Å². The predicted molar refractivity (Wildman–Crippen MR) is 62.2 cm³/mol. The van der Waals surface area contributed by atoms with Gasteiger partial charge in [0.2, 0.25) is 0 Å². The van der Waals surface area contributed by atoms with Gasteiger partial charge in [0.1, 0.15) is 6.10 Å². The molecule has 2 N–H and O–H groups in total. The number of carbonyl (C=O) groups is 1. The Labute approximate surface area is 95.7 Å². The molecule has 0 fully saturated rings. The van der Waals surface area contributed by atoms with Crippen molar-refractivity contribution in [2.45, 2.75) is 32.5 Å². The van der Waals surface area contributed by atoms with E-state index in [0.717, 1.165) is 0 Å². The Balaban J connectivity index is 2.67. The fourth-order valence-electron chi connectivity index (χ4n) is 1.56. The van der Waals surface area contributed by atoms with E-state index < -0.39 is 18.0 Å². The van der Waals surface area contributed by atoms with Gasteiger partial charge in [0.05, 0.1) is 6.10 Å². The summed E-state index contributed by atoms with van der Waals surface area (Å²) in [5.41, 5.74) is 0.429. The first-order chi connectivity index (χ1) is 7.52. The number of Topliss-reactive ketones (excluding diaryl/α,β-unsaturated/α-hetero) is 1. The molecule has 2 unspecified atom stereocenters. The molecule has 0 radical (unpaired) electrons. The van der Waals surface area contributed by atoms with Gasteiger partial charge in [-0.2, -0.15) is 0 Å². The van der Waals surface area contributed by atoms with Crippen molar-refractivity contribution in [3.05, 3.63) is 35.9 Å². The number of carbonyl (C=O) groups excluding carboxylic acids is 1. The van der Waals surface area contributed by atoms with Crippen molar-refractivity contribution in [1.82, 2.24) is 0 Å². The van der Waals surface area contributed by atoms with E-state index in [-0.39, 0.29) is 5.92 Å². The van der Waals surface area contributed by atoms with E-state index in [1.54, 1.807) is 30.3 Å². The number of aliphatic hydroxyl groups excluding tert-OH is 2. The third-order valence-corrected chi connectivity index (χ3v) is 2.40. The first kappa shape index (κ1) is 12.9. The summed E-state index contributed by atoms with van der Waals surface area (Å²) >= 11 is 0. The van der Waals surface area contributed by atoms with Gasteiger partial charge in [0, 0.05) is 5.56 Å². The molecule has 0 aliphatic rings. The number of rotatable bonds is 5. The SMILES string of the molecule is CC(C)CC(O)C(O)C(=O)c1ccccc1. The Morgan fingerprint density at radius 2 is 1.75 bits per heavy atom. The Kier molecular flexibility index (Phi) is 4.65. The monoisotopic (exact) mass is 222 g/mol. The maximum absolute atomic E-state index is 11.8. The lowest BCUT2D eigenvalue weighted by molar-refractivity contribution is 0.0127. The molecule has 2 atom stereocenters. The number of hydrogen-bond acceptors (Lipinski definition) is 3. The maximum atomic E-state index is 11.8. The molecular formula is C13H18O3. The molecule has 0 aromatic heterocycles. The lowest BCUT2D eigenvalue weighted by Crippen LogP contribution is -2.34. The second-order valence-electron chi connectivity index (χ2n) is 4.37. The molecule has 1 rings (SSSR count).